The number of likely N-dealkylation sites (N-methyl/N-ethyl adjacent to an activating group) is 1. The monoisotopic (exact) mass is 470 g/mol. The first-order valence-electron chi connectivity index (χ1n) is 12.7. The highest BCUT2D eigenvalue weighted by Gasteiger charge is 2.37. The molecule has 2 heterocycles. The summed E-state index contributed by atoms with van der Waals surface area (Å²) in [6, 6.07) is 18.8. The van der Waals surface area contributed by atoms with Gasteiger partial charge in [-0.05, 0) is 55.1 Å². The molecule has 1 amide bonds. The molecule has 0 saturated carbocycles. The molecule has 6 heteroatoms. The Morgan fingerprint density at radius 2 is 1.49 bits per heavy atom. The predicted molar refractivity (Wildman–Crippen MR) is 139 cm³/mol. The lowest BCUT2D eigenvalue weighted by Crippen LogP contribution is -2.57. The van der Waals surface area contributed by atoms with Crippen molar-refractivity contribution in [3.05, 3.63) is 105 Å². The van der Waals surface area contributed by atoms with E-state index in [2.05, 4.69) is 72.3 Å². The Labute approximate surface area is 207 Å². The average Bonchev–Trinajstić information content (AvgIpc) is 3.05. The van der Waals surface area contributed by atoms with Crippen molar-refractivity contribution >= 4 is 5.91 Å². The standard InChI is InChI=1S/C29H34N4O2/c1-4-30(5-2)18-19-31-20-33(32-17-16-26(34)21(3)27(32)29(31)35)28-24-12-8-6-10-22(24)14-15-23-11-7-9-13-25(23)28/h6-13,16-17,28H,4-5,14-15,18-20H2,1-3H3. The van der Waals surface area contributed by atoms with Crippen LogP contribution >= 0.6 is 0 Å². The van der Waals surface area contributed by atoms with Crippen LogP contribution in [0.5, 0.6) is 0 Å². The molecule has 6 nitrogen and oxygen atoms in total. The van der Waals surface area contributed by atoms with Gasteiger partial charge in [-0.15, -0.1) is 0 Å². The summed E-state index contributed by atoms with van der Waals surface area (Å²) < 4.78 is 1.94. The highest BCUT2D eigenvalue weighted by molar-refractivity contribution is 5.95. The number of carbonyl (C=O) groups is 1. The zero-order valence-electron chi connectivity index (χ0n) is 20.9. The number of nitrogens with zero attached hydrogens (tertiary/aromatic N) is 4. The number of hydrogen-bond acceptors (Lipinski definition) is 4. The number of amides is 1. The highest BCUT2D eigenvalue weighted by atomic mass is 16.2. The van der Waals surface area contributed by atoms with Gasteiger partial charge in [0.05, 0.1) is 6.04 Å². The second kappa shape index (κ2) is 9.70. The van der Waals surface area contributed by atoms with Crippen molar-refractivity contribution in [3.63, 3.8) is 0 Å². The number of hydrogen-bond donors (Lipinski definition) is 0. The summed E-state index contributed by atoms with van der Waals surface area (Å²) in [6.07, 6.45) is 3.75. The highest BCUT2D eigenvalue weighted by Crippen LogP contribution is 2.37. The molecular formula is C29H34N4O2. The first-order valence-corrected chi connectivity index (χ1v) is 12.7. The van der Waals surface area contributed by atoms with Crippen LogP contribution in [-0.2, 0) is 12.8 Å². The number of pyridine rings is 1. The summed E-state index contributed by atoms with van der Waals surface area (Å²) in [7, 11) is 0. The summed E-state index contributed by atoms with van der Waals surface area (Å²) in [5.41, 5.74) is 6.07. The molecule has 0 N–H and O–H groups in total. The Kier molecular flexibility index (Phi) is 6.48. The maximum Gasteiger partial charge on any atom is 0.274 e. The van der Waals surface area contributed by atoms with Crippen LogP contribution in [0.15, 0.2) is 65.6 Å². The minimum Gasteiger partial charge on any atom is -0.317 e. The maximum absolute atomic E-state index is 13.7. The maximum atomic E-state index is 13.7. The lowest BCUT2D eigenvalue weighted by molar-refractivity contribution is 0.0663. The van der Waals surface area contributed by atoms with Gasteiger partial charge in [-0.2, -0.15) is 0 Å². The van der Waals surface area contributed by atoms with Crippen LogP contribution in [0.1, 0.15) is 58.2 Å². The van der Waals surface area contributed by atoms with Crippen molar-refractivity contribution in [2.75, 3.05) is 37.9 Å². The van der Waals surface area contributed by atoms with Crippen molar-refractivity contribution in [2.45, 2.75) is 39.7 Å². The number of carbonyl (C=O) groups excluding carboxylic acids is 1. The number of aromatic nitrogens is 1. The van der Waals surface area contributed by atoms with Crippen LogP contribution in [0.4, 0.5) is 0 Å². The van der Waals surface area contributed by atoms with E-state index < -0.39 is 0 Å². The molecule has 0 radical (unpaired) electrons. The molecular weight excluding hydrogens is 436 g/mol. The first kappa shape index (κ1) is 23.4. The summed E-state index contributed by atoms with van der Waals surface area (Å²) in [5, 5.41) is 2.27. The largest absolute Gasteiger partial charge is 0.317 e. The molecule has 2 aromatic carbocycles. The van der Waals surface area contributed by atoms with Crippen LogP contribution in [0.25, 0.3) is 0 Å². The van der Waals surface area contributed by atoms with Gasteiger partial charge in [-0.25, -0.2) is 0 Å². The minimum atomic E-state index is -0.100. The second-order valence-electron chi connectivity index (χ2n) is 9.47. The van der Waals surface area contributed by atoms with Crippen LogP contribution in [0, 0.1) is 6.92 Å². The fourth-order valence-electron chi connectivity index (χ4n) is 5.55. The van der Waals surface area contributed by atoms with E-state index in [4.69, 9.17) is 0 Å². The Morgan fingerprint density at radius 3 is 2.09 bits per heavy atom. The van der Waals surface area contributed by atoms with Gasteiger partial charge in [0, 0.05) is 30.9 Å². The molecule has 182 valence electrons. The van der Waals surface area contributed by atoms with E-state index in [0.717, 1.165) is 32.5 Å². The van der Waals surface area contributed by atoms with Gasteiger partial charge in [-0.3, -0.25) is 19.3 Å². The van der Waals surface area contributed by atoms with Gasteiger partial charge in [0.25, 0.3) is 5.91 Å². The zero-order chi connectivity index (χ0) is 24.5. The Bertz CT molecular complexity index is 1250. The molecule has 0 bridgehead atoms. The van der Waals surface area contributed by atoms with Crippen molar-refractivity contribution < 1.29 is 4.79 Å². The van der Waals surface area contributed by atoms with E-state index in [-0.39, 0.29) is 17.4 Å². The Balaban J connectivity index is 1.67. The quantitative estimate of drug-likeness (QED) is 0.551. The molecule has 0 atom stereocenters. The summed E-state index contributed by atoms with van der Waals surface area (Å²) in [5.74, 6) is -0.0706. The van der Waals surface area contributed by atoms with E-state index in [1.165, 1.54) is 22.3 Å². The van der Waals surface area contributed by atoms with Crippen molar-refractivity contribution in [1.82, 2.24) is 14.5 Å². The van der Waals surface area contributed by atoms with Gasteiger partial charge in [-0.1, -0.05) is 62.4 Å². The Hall–Kier alpha value is -3.38. The number of rotatable bonds is 6. The van der Waals surface area contributed by atoms with E-state index in [0.29, 0.717) is 24.5 Å². The lowest BCUT2D eigenvalue weighted by atomic mass is 9.94. The predicted octanol–water partition coefficient (Wildman–Crippen LogP) is 3.74. The SMILES string of the molecule is CCN(CC)CCN1CN(C2c3ccccc3CCc3ccccc32)n2ccc(=O)c(C)c2C1=O. The third-order valence-corrected chi connectivity index (χ3v) is 7.64. The smallest absolute Gasteiger partial charge is 0.274 e. The molecule has 3 aromatic rings. The van der Waals surface area contributed by atoms with Crippen LogP contribution in [0.2, 0.25) is 0 Å². The molecule has 5 rings (SSSR count). The minimum absolute atomic E-state index is 0.0606. The van der Waals surface area contributed by atoms with Crippen LogP contribution in [0.3, 0.4) is 0 Å². The molecule has 1 aliphatic carbocycles. The van der Waals surface area contributed by atoms with E-state index in [9.17, 15) is 9.59 Å². The molecule has 2 aliphatic rings. The summed E-state index contributed by atoms with van der Waals surface area (Å²) in [4.78, 5) is 30.6. The molecule has 35 heavy (non-hydrogen) atoms. The van der Waals surface area contributed by atoms with Crippen molar-refractivity contribution in [1.29, 1.82) is 0 Å². The van der Waals surface area contributed by atoms with Gasteiger partial charge in [0.2, 0.25) is 0 Å². The Morgan fingerprint density at radius 1 is 0.886 bits per heavy atom. The van der Waals surface area contributed by atoms with Gasteiger partial charge < -0.3 is 9.80 Å². The van der Waals surface area contributed by atoms with E-state index >= 15 is 0 Å². The van der Waals surface area contributed by atoms with Crippen molar-refractivity contribution in [2.24, 2.45) is 0 Å². The fourth-order valence-corrected chi connectivity index (χ4v) is 5.55. The van der Waals surface area contributed by atoms with Crippen LogP contribution < -0.4 is 10.4 Å². The lowest BCUT2D eigenvalue weighted by Gasteiger charge is -2.45. The molecule has 0 unspecified atom stereocenters. The van der Waals surface area contributed by atoms with Crippen molar-refractivity contribution in [3.8, 4) is 0 Å². The third-order valence-electron chi connectivity index (χ3n) is 7.64. The summed E-state index contributed by atoms with van der Waals surface area (Å²) >= 11 is 0. The van der Waals surface area contributed by atoms with Gasteiger partial charge in [0.1, 0.15) is 12.4 Å². The van der Waals surface area contributed by atoms with Crippen LogP contribution in [-0.4, -0.2) is 53.2 Å². The van der Waals surface area contributed by atoms with E-state index in [1.807, 2.05) is 9.58 Å². The second-order valence-corrected chi connectivity index (χ2v) is 9.47. The number of fused-ring (bicyclic) bond motifs is 3. The van der Waals surface area contributed by atoms with Gasteiger partial charge in [0.15, 0.2) is 5.43 Å². The molecule has 1 aliphatic heterocycles. The molecule has 0 saturated heterocycles. The average molecular weight is 471 g/mol. The zero-order valence-corrected chi connectivity index (χ0v) is 20.9. The molecule has 0 spiro atoms. The molecule has 1 aromatic heterocycles. The number of benzene rings is 2. The first-order chi connectivity index (χ1) is 17.0. The number of aryl methyl sites for hydroxylation is 2. The molecule has 0 fully saturated rings. The normalized spacial score (nSPS) is 15.6. The van der Waals surface area contributed by atoms with E-state index in [1.54, 1.807) is 19.2 Å². The third kappa shape index (κ3) is 4.16. The fraction of sp³-hybridized carbons (Fsp3) is 0.379. The van der Waals surface area contributed by atoms with Gasteiger partial charge >= 0.3 is 0 Å². The summed E-state index contributed by atoms with van der Waals surface area (Å²) in [6.45, 7) is 9.84. The topological polar surface area (TPSA) is 48.8 Å².